The molecule has 1 radical (unpaired) electrons. The largest absolute Gasteiger partial charge is 0.272 e. The highest BCUT2D eigenvalue weighted by Gasteiger charge is 2.33. The zero-order valence-electron chi connectivity index (χ0n) is 6.93. The molecular formula is C10H8NO2. The van der Waals surface area contributed by atoms with Gasteiger partial charge in [-0.25, -0.2) is 0 Å². The van der Waals surface area contributed by atoms with Crippen molar-refractivity contribution < 1.29 is 9.59 Å². The van der Waals surface area contributed by atoms with Crippen LogP contribution in [-0.4, -0.2) is 11.8 Å². The second-order valence-electron chi connectivity index (χ2n) is 3.01. The Labute approximate surface area is 75.8 Å². The van der Waals surface area contributed by atoms with E-state index in [1.165, 1.54) is 0 Å². The van der Waals surface area contributed by atoms with E-state index in [1.807, 2.05) is 30.3 Å². The average Bonchev–Trinajstić information content (AvgIpc) is 2.47. The number of benzene rings is 1. The first kappa shape index (κ1) is 7.98. The third-order valence-corrected chi connectivity index (χ3v) is 2.11. The maximum absolute atomic E-state index is 11.2. The van der Waals surface area contributed by atoms with E-state index in [9.17, 15) is 9.59 Å². The number of carbonyl (C=O) groups is 2. The van der Waals surface area contributed by atoms with Crippen LogP contribution in [0.1, 0.15) is 17.9 Å². The third-order valence-electron chi connectivity index (χ3n) is 2.11. The molecule has 1 atom stereocenters. The smallest absolute Gasteiger partial charge is 0.256 e. The Morgan fingerprint density at radius 3 is 2.38 bits per heavy atom. The van der Waals surface area contributed by atoms with Gasteiger partial charge in [0.2, 0.25) is 5.91 Å². The van der Waals surface area contributed by atoms with Crippen molar-refractivity contribution >= 4 is 11.8 Å². The van der Waals surface area contributed by atoms with Crippen LogP contribution in [0.4, 0.5) is 0 Å². The molecule has 1 aliphatic heterocycles. The van der Waals surface area contributed by atoms with E-state index >= 15 is 0 Å². The van der Waals surface area contributed by atoms with E-state index in [2.05, 4.69) is 5.32 Å². The summed E-state index contributed by atoms with van der Waals surface area (Å²) in [6.45, 7) is 0. The van der Waals surface area contributed by atoms with Crippen molar-refractivity contribution in [2.75, 3.05) is 0 Å². The molecular weight excluding hydrogens is 166 g/mol. The number of carbonyl (C=O) groups excluding carboxylic acids is 2. The summed E-state index contributed by atoms with van der Waals surface area (Å²) in [4.78, 5) is 22.0. The van der Waals surface area contributed by atoms with Gasteiger partial charge in [0.05, 0.1) is 5.92 Å². The molecule has 65 valence electrons. The van der Waals surface area contributed by atoms with Crippen LogP contribution in [0.2, 0.25) is 0 Å². The van der Waals surface area contributed by atoms with E-state index in [-0.39, 0.29) is 24.2 Å². The predicted octanol–water partition coefficient (Wildman–Crippen LogP) is 0.831. The topological polar surface area (TPSA) is 48.2 Å². The maximum Gasteiger partial charge on any atom is 0.256 e. The minimum absolute atomic E-state index is 0.225. The van der Waals surface area contributed by atoms with Crippen LogP contribution in [0.5, 0.6) is 0 Å². The van der Waals surface area contributed by atoms with Crippen molar-refractivity contribution in [3.05, 3.63) is 35.9 Å². The summed E-state index contributed by atoms with van der Waals surface area (Å²) in [6, 6.07) is 9.27. The minimum atomic E-state index is -0.339. The third kappa shape index (κ3) is 1.45. The van der Waals surface area contributed by atoms with E-state index in [1.54, 1.807) is 0 Å². The van der Waals surface area contributed by atoms with Crippen molar-refractivity contribution in [1.82, 2.24) is 5.32 Å². The number of nitrogens with zero attached hydrogens (tertiary/aromatic N) is 1. The highest BCUT2D eigenvalue weighted by molar-refractivity contribution is 6.05. The fourth-order valence-electron chi connectivity index (χ4n) is 1.45. The molecule has 1 fully saturated rings. The molecule has 3 nitrogen and oxygen atoms in total. The van der Waals surface area contributed by atoms with E-state index in [0.29, 0.717) is 0 Å². The van der Waals surface area contributed by atoms with Crippen LogP contribution < -0.4 is 5.32 Å². The van der Waals surface area contributed by atoms with E-state index in [0.717, 1.165) is 5.56 Å². The monoisotopic (exact) mass is 174 g/mol. The lowest BCUT2D eigenvalue weighted by atomic mass is 9.98. The quantitative estimate of drug-likeness (QED) is 0.592. The Bertz CT molecular complexity index is 345. The molecule has 2 rings (SSSR count). The summed E-state index contributed by atoms with van der Waals surface area (Å²) < 4.78 is 0. The first-order valence-corrected chi connectivity index (χ1v) is 4.11. The summed E-state index contributed by atoms with van der Waals surface area (Å²) in [5, 5.41) is 3.37. The number of rotatable bonds is 1. The van der Waals surface area contributed by atoms with Crippen molar-refractivity contribution in [2.24, 2.45) is 0 Å². The number of amides is 2. The van der Waals surface area contributed by atoms with Crippen LogP contribution in [-0.2, 0) is 9.59 Å². The molecule has 1 heterocycles. The Kier molecular flexibility index (Phi) is 1.85. The molecule has 2 amide bonds. The zero-order chi connectivity index (χ0) is 9.26. The molecule has 1 aromatic carbocycles. The second-order valence-corrected chi connectivity index (χ2v) is 3.01. The summed E-state index contributed by atoms with van der Waals surface area (Å²) in [5.74, 6) is -0.955. The van der Waals surface area contributed by atoms with Crippen molar-refractivity contribution in [2.45, 2.75) is 12.3 Å². The molecule has 0 aliphatic carbocycles. The summed E-state index contributed by atoms with van der Waals surface area (Å²) in [5.41, 5.74) is 0.877. The van der Waals surface area contributed by atoms with Gasteiger partial charge >= 0.3 is 0 Å². The zero-order valence-corrected chi connectivity index (χ0v) is 6.93. The number of hydrogen-bond acceptors (Lipinski definition) is 2. The van der Waals surface area contributed by atoms with Crippen LogP contribution in [0.15, 0.2) is 30.3 Å². The first-order valence-electron chi connectivity index (χ1n) is 4.11. The normalized spacial score (nSPS) is 21.7. The Hall–Kier alpha value is -1.64. The van der Waals surface area contributed by atoms with Crippen LogP contribution in [0.25, 0.3) is 0 Å². The molecule has 0 saturated carbocycles. The molecule has 1 saturated heterocycles. The van der Waals surface area contributed by atoms with Gasteiger partial charge in [0.15, 0.2) is 0 Å². The SMILES string of the molecule is O=C1CC(c2ccccc2)C(=O)[N]1. The first-order chi connectivity index (χ1) is 6.27. The molecule has 3 heteroatoms. The average molecular weight is 174 g/mol. The van der Waals surface area contributed by atoms with Crippen molar-refractivity contribution in [3.8, 4) is 0 Å². The molecule has 0 aromatic heterocycles. The van der Waals surface area contributed by atoms with Gasteiger partial charge in [-0.2, -0.15) is 5.32 Å². The highest BCUT2D eigenvalue weighted by atomic mass is 16.2. The van der Waals surface area contributed by atoms with Gasteiger partial charge < -0.3 is 0 Å². The van der Waals surface area contributed by atoms with Crippen molar-refractivity contribution in [3.63, 3.8) is 0 Å². The van der Waals surface area contributed by atoms with Gasteiger partial charge in [0.1, 0.15) is 0 Å². The van der Waals surface area contributed by atoms with E-state index in [4.69, 9.17) is 0 Å². The Morgan fingerprint density at radius 2 is 1.85 bits per heavy atom. The van der Waals surface area contributed by atoms with Gasteiger partial charge in [-0.15, -0.1) is 0 Å². The lowest BCUT2D eigenvalue weighted by molar-refractivity contribution is -0.125. The fraction of sp³-hybridized carbons (Fsp3) is 0.200. The molecule has 13 heavy (non-hydrogen) atoms. The minimum Gasteiger partial charge on any atom is -0.272 e. The standard InChI is InChI=1S/C10H8NO2/c12-9-6-8(10(13)11-9)7-4-2-1-3-5-7/h1-5,8H,6H2. The highest BCUT2D eigenvalue weighted by Crippen LogP contribution is 2.24. The van der Waals surface area contributed by atoms with Gasteiger partial charge in [-0.05, 0) is 5.56 Å². The summed E-state index contributed by atoms with van der Waals surface area (Å²) in [6.07, 6.45) is 0.225. The lowest BCUT2D eigenvalue weighted by Gasteiger charge is -2.03. The molecule has 0 N–H and O–H groups in total. The number of imide groups is 1. The van der Waals surface area contributed by atoms with Gasteiger partial charge in [0.25, 0.3) is 5.91 Å². The molecule has 1 aromatic rings. The molecule has 0 spiro atoms. The Morgan fingerprint density at radius 1 is 1.15 bits per heavy atom. The van der Waals surface area contributed by atoms with Gasteiger partial charge in [-0.3, -0.25) is 9.59 Å². The second kappa shape index (κ2) is 3.01. The lowest BCUT2D eigenvalue weighted by Crippen LogP contribution is -2.13. The molecule has 1 aliphatic rings. The maximum atomic E-state index is 11.2. The summed E-state index contributed by atoms with van der Waals surface area (Å²) >= 11 is 0. The molecule has 1 unspecified atom stereocenters. The van der Waals surface area contributed by atoms with Crippen LogP contribution in [0, 0.1) is 0 Å². The van der Waals surface area contributed by atoms with Crippen molar-refractivity contribution in [1.29, 1.82) is 0 Å². The predicted molar refractivity (Wildman–Crippen MR) is 45.9 cm³/mol. The van der Waals surface area contributed by atoms with E-state index < -0.39 is 0 Å². The van der Waals surface area contributed by atoms with Gasteiger partial charge in [-0.1, -0.05) is 30.3 Å². The fourth-order valence-corrected chi connectivity index (χ4v) is 1.45. The number of hydrogen-bond donors (Lipinski definition) is 0. The molecule has 0 bridgehead atoms. The van der Waals surface area contributed by atoms with Crippen LogP contribution >= 0.6 is 0 Å². The van der Waals surface area contributed by atoms with Gasteiger partial charge in [0, 0.05) is 6.42 Å². The summed E-state index contributed by atoms with van der Waals surface area (Å²) in [7, 11) is 0. The Balaban J connectivity index is 2.28. The van der Waals surface area contributed by atoms with Crippen LogP contribution in [0.3, 0.4) is 0 Å².